The molecule has 12 heteroatoms. The monoisotopic (exact) mass is 588 g/mol. The Hall–Kier alpha value is -2.92. The number of hydrogen-bond donors (Lipinski definition) is 2. The first kappa shape index (κ1) is 28.1. The van der Waals surface area contributed by atoms with Gasteiger partial charge >= 0.3 is 0 Å². The molecule has 4 aromatic rings. The lowest BCUT2D eigenvalue weighted by Gasteiger charge is -2.22. The van der Waals surface area contributed by atoms with E-state index in [1.54, 1.807) is 12.1 Å². The molecule has 0 aliphatic heterocycles. The predicted octanol–water partition coefficient (Wildman–Crippen LogP) is 6.59. The Morgan fingerprint density at radius 2 is 1.84 bits per heavy atom. The van der Waals surface area contributed by atoms with Crippen LogP contribution in [0.2, 0.25) is 10.0 Å². The van der Waals surface area contributed by atoms with Crippen molar-refractivity contribution < 1.29 is 9.59 Å². The fourth-order valence-electron chi connectivity index (χ4n) is 3.68. The molecule has 0 saturated heterocycles. The zero-order chi connectivity index (χ0) is 27.2. The second-order valence-corrected chi connectivity index (χ2v) is 11.3. The molecule has 0 bridgehead atoms. The van der Waals surface area contributed by atoms with Crippen molar-refractivity contribution in [2.24, 2.45) is 5.92 Å². The molecule has 0 unspecified atom stereocenters. The third-order valence-corrected chi connectivity index (χ3v) is 8.09. The van der Waals surface area contributed by atoms with E-state index >= 15 is 0 Å². The van der Waals surface area contributed by atoms with Crippen LogP contribution in [0.1, 0.15) is 43.0 Å². The molecular weight excluding hydrogens is 563 g/mol. The van der Waals surface area contributed by atoms with E-state index < -0.39 is 6.04 Å². The Labute approximate surface area is 239 Å². The van der Waals surface area contributed by atoms with Gasteiger partial charge in [-0.2, -0.15) is 0 Å². The number of anilines is 1. The smallest absolute Gasteiger partial charge is 0.251 e. The molecule has 1 atom stereocenters. The number of amides is 2. The van der Waals surface area contributed by atoms with Gasteiger partial charge in [0.1, 0.15) is 0 Å². The second-order valence-electron chi connectivity index (χ2n) is 8.65. The molecule has 0 aliphatic carbocycles. The number of thiazole rings is 1. The third-order valence-electron chi connectivity index (χ3n) is 5.63. The summed E-state index contributed by atoms with van der Waals surface area (Å²) < 4.78 is 1.91. The Bertz CT molecular complexity index is 1420. The highest BCUT2D eigenvalue weighted by atomic mass is 35.5. The lowest BCUT2D eigenvalue weighted by Crippen LogP contribution is -2.33. The molecule has 0 aliphatic rings. The van der Waals surface area contributed by atoms with Crippen LogP contribution in [0.3, 0.4) is 0 Å². The number of nitrogens with zero attached hydrogens (tertiary/aromatic N) is 4. The first-order valence-corrected chi connectivity index (χ1v) is 14.5. The van der Waals surface area contributed by atoms with Crippen molar-refractivity contribution in [1.29, 1.82) is 0 Å². The lowest BCUT2D eigenvalue weighted by molar-refractivity contribution is -0.113. The van der Waals surface area contributed by atoms with Crippen LogP contribution in [0.4, 0.5) is 5.13 Å². The van der Waals surface area contributed by atoms with Crippen molar-refractivity contribution in [2.45, 2.75) is 38.5 Å². The minimum atomic E-state index is -0.403. The van der Waals surface area contributed by atoms with Gasteiger partial charge in [0.15, 0.2) is 16.1 Å². The van der Waals surface area contributed by atoms with E-state index in [0.717, 1.165) is 11.3 Å². The zero-order valence-corrected chi connectivity index (χ0v) is 24.1. The van der Waals surface area contributed by atoms with Gasteiger partial charge in [-0.05, 0) is 31.0 Å². The van der Waals surface area contributed by atoms with Crippen molar-refractivity contribution in [2.75, 3.05) is 11.1 Å². The summed E-state index contributed by atoms with van der Waals surface area (Å²) in [4.78, 5) is 30.1. The molecule has 0 radical (unpaired) electrons. The second kappa shape index (κ2) is 12.8. The van der Waals surface area contributed by atoms with Crippen molar-refractivity contribution in [1.82, 2.24) is 25.1 Å². The summed E-state index contributed by atoms with van der Waals surface area (Å²) >= 11 is 14.7. The summed E-state index contributed by atoms with van der Waals surface area (Å²) in [5, 5.41) is 18.3. The van der Waals surface area contributed by atoms with E-state index in [2.05, 4.69) is 25.8 Å². The number of nitrogens with one attached hydrogen (secondary N) is 2. The molecule has 0 fully saturated rings. The Morgan fingerprint density at radius 3 is 2.53 bits per heavy atom. The summed E-state index contributed by atoms with van der Waals surface area (Å²) in [6.45, 7) is 6.53. The summed E-state index contributed by atoms with van der Waals surface area (Å²) in [6.07, 6.45) is 0. The highest BCUT2D eigenvalue weighted by Crippen LogP contribution is 2.28. The maximum Gasteiger partial charge on any atom is 0.251 e. The largest absolute Gasteiger partial charge is 0.342 e. The lowest BCUT2D eigenvalue weighted by atomic mass is 10.0. The van der Waals surface area contributed by atoms with Gasteiger partial charge in [-0.1, -0.05) is 79.1 Å². The van der Waals surface area contributed by atoms with Gasteiger partial charge in [-0.25, -0.2) is 4.98 Å². The van der Waals surface area contributed by atoms with E-state index in [1.807, 2.05) is 61.1 Å². The molecule has 2 heterocycles. The van der Waals surface area contributed by atoms with Crippen molar-refractivity contribution in [3.8, 4) is 11.3 Å². The van der Waals surface area contributed by atoms with E-state index in [-0.39, 0.29) is 23.5 Å². The number of thioether (sulfide) groups is 1. The molecule has 2 amide bonds. The molecule has 2 aromatic carbocycles. The summed E-state index contributed by atoms with van der Waals surface area (Å²) in [5.41, 5.74) is 2.21. The summed E-state index contributed by atoms with van der Waals surface area (Å²) in [6, 6.07) is 14.1. The van der Waals surface area contributed by atoms with Crippen LogP contribution in [0.15, 0.2) is 59.1 Å². The number of benzene rings is 2. The highest BCUT2D eigenvalue weighted by molar-refractivity contribution is 7.99. The van der Waals surface area contributed by atoms with Crippen LogP contribution in [0.25, 0.3) is 11.3 Å². The average molecular weight is 590 g/mol. The van der Waals surface area contributed by atoms with Crippen LogP contribution in [-0.2, 0) is 11.3 Å². The Balaban J connectivity index is 1.42. The van der Waals surface area contributed by atoms with Gasteiger partial charge in [0.25, 0.3) is 5.91 Å². The number of carbonyl (C=O) groups is 2. The molecule has 4 rings (SSSR count). The van der Waals surface area contributed by atoms with Crippen LogP contribution in [0.5, 0.6) is 0 Å². The van der Waals surface area contributed by atoms with Gasteiger partial charge in [-0.3, -0.25) is 9.59 Å². The number of rotatable bonds is 10. The van der Waals surface area contributed by atoms with Gasteiger partial charge in [0.2, 0.25) is 5.91 Å². The minimum absolute atomic E-state index is 0.0288. The van der Waals surface area contributed by atoms with Crippen molar-refractivity contribution in [3.63, 3.8) is 0 Å². The number of aromatic nitrogens is 4. The van der Waals surface area contributed by atoms with Crippen molar-refractivity contribution in [3.05, 3.63) is 75.3 Å². The maximum absolute atomic E-state index is 13.0. The van der Waals surface area contributed by atoms with E-state index in [1.165, 1.54) is 29.2 Å². The molecule has 38 heavy (non-hydrogen) atoms. The summed E-state index contributed by atoms with van der Waals surface area (Å²) in [7, 11) is 0. The van der Waals surface area contributed by atoms with E-state index in [0.29, 0.717) is 38.3 Å². The molecule has 8 nitrogen and oxygen atoms in total. The normalized spacial score (nSPS) is 11.9. The van der Waals surface area contributed by atoms with Crippen LogP contribution < -0.4 is 10.6 Å². The zero-order valence-electron chi connectivity index (χ0n) is 20.9. The first-order chi connectivity index (χ1) is 18.3. The van der Waals surface area contributed by atoms with E-state index in [9.17, 15) is 9.59 Å². The number of hydrogen-bond acceptors (Lipinski definition) is 7. The molecule has 2 aromatic heterocycles. The average Bonchev–Trinajstić information content (AvgIpc) is 3.54. The molecule has 0 spiro atoms. The topological polar surface area (TPSA) is 102 Å². The van der Waals surface area contributed by atoms with Gasteiger partial charge < -0.3 is 15.2 Å². The van der Waals surface area contributed by atoms with Gasteiger partial charge in [0.05, 0.1) is 27.5 Å². The van der Waals surface area contributed by atoms with Crippen LogP contribution in [-0.4, -0.2) is 37.3 Å². The van der Waals surface area contributed by atoms with Crippen molar-refractivity contribution >= 4 is 63.2 Å². The fourth-order valence-corrected chi connectivity index (χ4v) is 5.53. The Kier molecular flexibility index (Phi) is 9.43. The highest BCUT2D eigenvalue weighted by Gasteiger charge is 2.26. The van der Waals surface area contributed by atoms with Crippen LogP contribution >= 0.6 is 46.3 Å². The molecule has 0 saturated carbocycles. The fraction of sp³-hybridized carbons (Fsp3) is 0.269. The molecule has 198 valence electrons. The molecular formula is C26H26Cl2N6O2S2. The number of carbonyl (C=O) groups excluding carboxylic acids is 2. The van der Waals surface area contributed by atoms with Gasteiger partial charge in [-0.15, -0.1) is 21.5 Å². The third kappa shape index (κ3) is 6.74. The minimum Gasteiger partial charge on any atom is -0.342 e. The predicted molar refractivity (Wildman–Crippen MR) is 154 cm³/mol. The van der Waals surface area contributed by atoms with E-state index in [4.69, 9.17) is 23.2 Å². The van der Waals surface area contributed by atoms with Crippen LogP contribution in [0, 0.1) is 5.92 Å². The van der Waals surface area contributed by atoms with Gasteiger partial charge in [0, 0.05) is 23.1 Å². The Morgan fingerprint density at radius 1 is 1.08 bits per heavy atom. The summed E-state index contributed by atoms with van der Waals surface area (Å²) in [5.74, 6) is 0.303. The number of halogens is 2. The SMILES string of the molecule is CCn1c(SCC(=O)Nc2nc(-c3ccccc3)cs2)nnc1[C@@H](NC(=O)c1ccc(Cl)c(Cl)c1)C(C)C. The quantitative estimate of drug-likeness (QED) is 0.203. The standard InChI is InChI=1S/C26H26Cl2N6O2S2/c1-4-34-23(22(15(2)3)31-24(36)17-10-11-18(27)19(28)12-17)32-33-26(34)38-14-21(35)30-25-29-20(13-37-25)16-8-6-5-7-9-16/h5-13,15,22H,4,14H2,1-3H3,(H,31,36)(H,29,30,35)/t22-/m0/s1. The maximum atomic E-state index is 13.0. The molecule has 2 N–H and O–H groups in total. The first-order valence-electron chi connectivity index (χ1n) is 11.9.